The molecule has 0 atom stereocenters. The first-order chi connectivity index (χ1) is 25.3. The molecule has 0 aliphatic carbocycles. The van der Waals surface area contributed by atoms with Crippen LogP contribution >= 0.6 is 0 Å². The molecule has 0 spiro atoms. The minimum atomic E-state index is 1.10. The van der Waals surface area contributed by atoms with Crippen molar-refractivity contribution in [1.29, 1.82) is 0 Å². The van der Waals surface area contributed by atoms with Gasteiger partial charge in [-0.05, 0) is 37.7 Å². The van der Waals surface area contributed by atoms with Crippen LogP contribution in [0.3, 0.4) is 0 Å². The molecule has 0 saturated carbocycles. The maximum absolute atomic E-state index is 5.21. The highest BCUT2D eigenvalue weighted by Gasteiger charge is 2.09. The average molecular weight is 705 g/mol. The Morgan fingerprint density at radius 3 is 1.16 bits per heavy atom. The summed E-state index contributed by atoms with van der Waals surface area (Å²) in [5, 5.41) is 0. The standard InChI is InChI=1S/C49H88N2/c1-3-5-7-9-11-13-15-17-19-21-22-24-26-28-30-32-37-44-49-50-48(43-39-42-47-40-35-34-36-41-47)46-51(49)45-38-33-31-29-27-25-23-20-18-16-14-12-10-8-6-4-2/h34-36,40-41,46H,3-33,37-39,42-45H2,1-2H3. The average Bonchev–Trinajstić information content (AvgIpc) is 3.54. The van der Waals surface area contributed by atoms with Crippen LogP contribution in [-0.2, 0) is 25.8 Å². The smallest absolute Gasteiger partial charge is 0.108 e. The molecule has 0 aliphatic rings. The third kappa shape index (κ3) is 27.7. The van der Waals surface area contributed by atoms with E-state index < -0.39 is 0 Å². The zero-order valence-corrected chi connectivity index (χ0v) is 34.7. The number of aromatic nitrogens is 2. The van der Waals surface area contributed by atoms with E-state index in [2.05, 4.69) is 54.9 Å². The molecule has 2 rings (SSSR count). The first kappa shape index (κ1) is 45.6. The van der Waals surface area contributed by atoms with Crippen LogP contribution in [0.4, 0.5) is 0 Å². The molecule has 0 bridgehead atoms. The van der Waals surface area contributed by atoms with Crippen LogP contribution in [0.5, 0.6) is 0 Å². The van der Waals surface area contributed by atoms with Gasteiger partial charge in [0.05, 0.1) is 5.69 Å². The Hall–Kier alpha value is -1.57. The van der Waals surface area contributed by atoms with Crippen LogP contribution in [0.1, 0.15) is 249 Å². The fraction of sp³-hybridized carbons (Fsp3) is 0.816. The minimum absolute atomic E-state index is 1.10. The zero-order valence-electron chi connectivity index (χ0n) is 34.7. The SMILES string of the molecule is CCCCCCCCCCCCCCCCCCCc1nc(CCCc2ccccc2)cn1CCCCCCCCCCCCCCCCCC. The van der Waals surface area contributed by atoms with Crippen molar-refractivity contribution in [3.63, 3.8) is 0 Å². The normalized spacial score (nSPS) is 11.6. The zero-order chi connectivity index (χ0) is 36.1. The van der Waals surface area contributed by atoms with E-state index in [-0.39, 0.29) is 0 Å². The van der Waals surface area contributed by atoms with Crippen molar-refractivity contribution < 1.29 is 0 Å². The summed E-state index contributed by atoms with van der Waals surface area (Å²) in [5.74, 6) is 1.37. The number of rotatable bonds is 39. The number of nitrogens with zero attached hydrogens (tertiary/aromatic N) is 2. The van der Waals surface area contributed by atoms with Crippen molar-refractivity contribution in [3.8, 4) is 0 Å². The molecule has 1 heterocycles. The molecule has 294 valence electrons. The van der Waals surface area contributed by atoms with Crippen LogP contribution in [0, 0.1) is 0 Å². The molecule has 0 fully saturated rings. The molecule has 1 aromatic carbocycles. The molecule has 0 amide bonds. The Labute approximate surface area is 320 Å². The Bertz CT molecular complexity index is 962. The monoisotopic (exact) mass is 705 g/mol. The van der Waals surface area contributed by atoms with Crippen LogP contribution in [0.25, 0.3) is 0 Å². The molecule has 1 aromatic heterocycles. The Balaban J connectivity index is 1.53. The van der Waals surface area contributed by atoms with Gasteiger partial charge >= 0.3 is 0 Å². The lowest BCUT2D eigenvalue weighted by Crippen LogP contribution is -2.03. The van der Waals surface area contributed by atoms with E-state index in [1.165, 1.54) is 242 Å². The molecule has 2 aromatic rings. The molecule has 51 heavy (non-hydrogen) atoms. The van der Waals surface area contributed by atoms with Gasteiger partial charge in [0.1, 0.15) is 5.82 Å². The van der Waals surface area contributed by atoms with Gasteiger partial charge in [-0.2, -0.15) is 0 Å². The van der Waals surface area contributed by atoms with E-state index >= 15 is 0 Å². The number of hydrogen-bond acceptors (Lipinski definition) is 1. The van der Waals surface area contributed by atoms with Crippen LogP contribution in [0.15, 0.2) is 36.5 Å². The van der Waals surface area contributed by atoms with Crippen molar-refractivity contribution >= 4 is 0 Å². The number of hydrogen-bond donors (Lipinski definition) is 0. The Morgan fingerprint density at radius 2 is 0.745 bits per heavy atom. The van der Waals surface area contributed by atoms with Gasteiger partial charge in [-0.25, -0.2) is 4.98 Å². The topological polar surface area (TPSA) is 17.8 Å². The summed E-state index contributed by atoms with van der Waals surface area (Å²) in [6.07, 6.45) is 54.3. The number of benzene rings is 1. The summed E-state index contributed by atoms with van der Waals surface area (Å²) in [6, 6.07) is 11.0. The van der Waals surface area contributed by atoms with Crippen LogP contribution < -0.4 is 0 Å². The lowest BCUT2D eigenvalue weighted by Gasteiger charge is -2.08. The van der Waals surface area contributed by atoms with Gasteiger partial charge in [0.2, 0.25) is 0 Å². The lowest BCUT2D eigenvalue weighted by molar-refractivity contribution is 0.513. The van der Waals surface area contributed by atoms with E-state index in [4.69, 9.17) is 4.98 Å². The fourth-order valence-electron chi connectivity index (χ4n) is 7.98. The summed E-state index contributed by atoms with van der Waals surface area (Å²) in [7, 11) is 0. The van der Waals surface area contributed by atoms with E-state index in [0.717, 1.165) is 19.3 Å². The highest BCUT2D eigenvalue weighted by Crippen LogP contribution is 2.18. The number of aryl methyl sites for hydroxylation is 4. The summed E-state index contributed by atoms with van der Waals surface area (Å²) < 4.78 is 2.55. The van der Waals surface area contributed by atoms with Gasteiger partial charge in [0.15, 0.2) is 0 Å². The number of imidazole rings is 1. The summed E-state index contributed by atoms with van der Waals surface area (Å²) in [6.45, 7) is 5.78. The molecule has 0 radical (unpaired) electrons. The Kier molecular flexibility index (Phi) is 31.7. The minimum Gasteiger partial charge on any atom is -0.335 e. The first-order valence-electron chi connectivity index (χ1n) is 23.4. The highest BCUT2D eigenvalue weighted by molar-refractivity contribution is 5.15. The second-order valence-electron chi connectivity index (χ2n) is 16.4. The van der Waals surface area contributed by atoms with Crippen LogP contribution in [0.2, 0.25) is 0 Å². The van der Waals surface area contributed by atoms with E-state index in [1.807, 2.05) is 0 Å². The molecular weight excluding hydrogens is 617 g/mol. The number of unbranched alkanes of at least 4 members (excludes halogenated alkanes) is 31. The molecular formula is C49H88N2. The molecule has 0 unspecified atom stereocenters. The van der Waals surface area contributed by atoms with Crippen molar-refractivity contribution in [2.24, 2.45) is 0 Å². The van der Waals surface area contributed by atoms with Crippen molar-refractivity contribution in [2.45, 2.75) is 258 Å². The third-order valence-electron chi connectivity index (χ3n) is 11.4. The maximum atomic E-state index is 5.21. The highest BCUT2D eigenvalue weighted by atomic mass is 15.1. The first-order valence-corrected chi connectivity index (χ1v) is 23.4. The van der Waals surface area contributed by atoms with Gasteiger partial charge in [-0.3, -0.25) is 0 Å². The molecule has 2 nitrogen and oxygen atoms in total. The second-order valence-corrected chi connectivity index (χ2v) is 16.4. The molecule has 0 saturated heterocycles. The van der Waals surface area contributed by atoms with E-state index in [0.29, 0.717) is 0 Å². The largest absolute Gasteiger partial charge is 0.335 e. The van der Waals surface area contributed by atoms with Gasteiger partial charge in [0, 0.05) is 19.2 Å². The van der Waals surface area contributed by atoms with Gasteiger partial charge < -0.3 is 4.57 Å². The van der Waals surface area contributed by atoms with E-state index in [9.17, 15) is 0 Å². The summed E-state index contributed by atoms with van der Waals surface area (Å²) in [4.78, 5) is 5.21. The van der Waals surface area contributed by atoms with Gasteiger partial charge in [0.25, 0.3) is 0 Å². The lowest BCUT2D eigenvalue weighted by atomic mass is 10.0. The predicted octanol–water partition coefficient (Wildman–Crippen LogP) is 16.5. The maximum Gasteiger partial charge on any atom is 0.108 e. The second kappa shape index (κ2) is 35.5. The van der Waals surface area contributed by atoms with Crippen molar-refractivity contribution in [2.75, 3.05) is 0 Å². The van der Waals surface area contributed by atoms with Gasteiger partial charge in [-0.15, -0.1) is 0 Å². The third-order valence-corrected chi connectivity index (χ3v) is 11.4. The van der Waals surface area contributed by atoms with Gasteiger partial charge in [-0.1, -0.05) is 243 Å². The predicted molar refractivity (Wildman–Crippen MR) is 228 cm³/mol. The molecule has 2 heteroatoms. The summed E-state index contributed by atoms with van der Waals surface area (Å²) in [5.41, 5.74) is 2.78. The fourth-order valence-corrected chi connectivity index (χ4v) is 7.98. The molecule has 0 aliphatic heterocycles. The van der Waals surface area contributed by atoms with Crippen LogP contribution in [-0.4, -0.2) is 9.55 Å². The Morgan fingerprint density at radius 1 is 0.373 bits per heavy atom. The summed E-state index contributed by atoms with van der Waals surface area (Å²) >= 11 is 0. The van der Waals surface area contributed by atoms with Crippen molar-refractivity contribution in [1.82, 2.24) is 9.55 Å². The van der Waals surface area contributed by atoms with Crippen molar-refractivity contribution in [3.05, 3.63) is 53.6 Å². The molecule has 0 N–H and O–H groups in total. The van der Waals surface area contributed by atoms with E-state index in [1.54, 1.807) is 0 Å². The quantitative estimate of drug-likeness (QED) is 0.0634.